The minimum atomic E-state index is 0.173. The van der Waals surface area contributed by atoms with Gasteiger partial charge in [-0.05, 0) is 25.8 Å². The molecule has 0 saturated heterocycles. The first-order chi connectivity index (χ1) is 8.76. The first-order valence-corrected chi connectivity index (χ1v) is 7.48. The van der Waals surface area contributed by atoms with E-state index >= 15 is 0 Å². The highest BCUT2D eigenvalue weighted by molar-refractivity contribution is 5.78. The monoisotopic (exact) mass is 255 g/mol. The number of rotatable bonds is 8. The van der Waals surface area contributed by atoms with Crippen molar-refractivity contribution in [1.82, 2.24) is 10.2 Å². The second-order valence-electron chi connectivity index (χ2n) is 5.32. The standard InChI is InChI=1S/C14H29N3O/c1-2-3-10-17(11-9-15)12-14(18)16-13-7-5-4-6-8-13/h13H,2-12,15H2,1H3,(H,16,18). The Bertz CT molecular complexity index is 227. The fraction of sp³-hybridized carbons (Fsp3) is 0.929. The Labute approximate surface area is 111 Å². The van der Waals surface area contributed by atoms with E-state index in [2.05, 4.69) is 17.1 Å². The maximum Gasteiger partial charge on any atom is 0.234 e. The molecule has 4 heteroatoms. The van der Waals surface area contributed by atoms with Gasteiger partial charge in [0.1, 0.15) is 0 Å². The third-order valence-corrected chi connectivity index (χ3v) is 3.61. The van der Waals surface area contributed by atoms with E-state index in [9.17, 15) is 4.79 Å². The van der Waals surface area contributed by atoms with Crippen LogP contribution in [0.15, 0.2) is 0 Å². The fourth-order valence-electron chi connectivity index (χ4n) is 2.56. The van der Waals surface area contributed by atoms with Crippen molar-refractivity contribution >= 4 is 5.91 Å². The summed E-state index contributed by atoms with van der Waals surface area (Å²) in [5.74, 6) is 0.173. The van der Waals surface area contributed by atoms with Crippen LogP contribution in [0.3, 0.4) is 0 Å². The third kappa shape index (κ3) is 6.36. The molecule has 0 aromatic rings. The van der Waals surface area contributed by atoms with Gasteiger partial charge < -0.3 is 11.1 Å². The van der Waals surface area contributed by atoms with Gasteiger partial charge in [-0.3, -0.25) is 9.69 Å². The quantitative estimate of drug-likeness (QED) is 0.691. The van der Waals surface area contributed by atoms with Gasteiger partial charge in [-0.15, -0.1) is 0 Å². The number of unbranched alkanes of at least 4 members (excludes halogenated alkanes) is 1. The van der Waals surface area contributed by atoms with Crippen LogP contribution in [0.4, 0.5) is 0 Å². The van der Waals surface area contributed by atoms with E-state index in [1.54, 1.807) is 0 Å². The molecule has 4 nitrogen and oxygen atoms in total. The minimum absolute atomic E-state index is 0.173. The van der Waals surface area contributed by atoms with Crippen LogP contribution in [-0.4, -0.2) is 43.0 Å². The molecule has 1 aliphatic carbocycles. The summed E-state index contributed by atoms with van der Waals surface area (Å²) >= 11 is 0. The molecule has 1 fully saturated rings. The molecule has 0 bridgehead atoms. The highest BCUT2D eigenvalue weighted by Gasteiger charge is 2.17. The van der Waals surface area contributed by atoms with Gasteiger partial charge in [0.15, 0.2) is 0 Å². The van der Waals surface area contributed by atoms with Gasteiger partial charge in [0.2, 0.25) is 5.91 Å². The Morgan fingerprint density at radius 2 is 2.00 bits per heavy atom. The van der Waals surface area contributed by atoms with Crippen LogP contribution in [0.1, 0.15) is 51.9 Å². The number of nitrogens with one attached hydrogen (secondary N) is 1. The third-order valence-electron chi connectivity index (χ3n) is 3.61. The molecule has 1 amide bonds. The molecule has 0 aromatic heterocycles. The number of nitrogens with two attached hydrogens (primary N) is 1. The summed E-state index contributed by atoms with van der Waals surface area (Å²) in [4.78, 5) is 14.1. The number of carbonyl (C=O) groups excluding carboxylic acids is 1. The van der Waals surface area contributed by atoms with Crippen molar-refractivity contribution in [2.75, 3.05) is 26.2 Å². The first kappa shape index (κ1) is 15.4. The van der Waals surface area contributed by atoms with E-state index in [1.807, 2.05) is 0 Å². The maximum absolute atomic E-state index is 12.0. The molecule has 1 saturated carbocycles. The van der Waals surface area contributed by atoms with Gasteiger partial charge >= 0.3 is 0 Å². The first-order valence-electron chi connectivity index (χ1n) is 7.48. The molecule has 106 valence electrons. The van der Waals surface area contributed by atoms with Crippen molar-refractivity contribution in [3.8, 4) is 0 Å². The van der Waals surface area contributed by atoms with Crippen LogP contribution in [0.25, 0.3) is 0 Å². The molecule has 1 rings (SSSR count). The zero-order valence-electron chi connectivity index (χ0n) is 11.8. The van der Waals surface area contributed by atoms with Crippen molar-refractivity contribution in [1.29, 1.82) is 0 Å². The lowest BCUT2D eigenvalue weighted by atomic mass is 9.95. The normalized spacial score (nSPS) is 17.1. The Kier molecular flexibility index (Phi) is 8.01. The topological polar surface area (TPSA) is 58.4 Å². The summed E-state index contributed by atoms with van der Waals surface area (Å²) in [5.41, 5.74) is 5.59. The summed E-state index contributed by atoms with van der Waals surface area (Å²) < 4.78 is 0. The number of hydrogen-bond acceptors (Lipinski definition) is 3. The van der Waals surface area contributed by atoms with Crippen LogP contribution in [-0.2, 0) is 4.79 Å². The highest BCUT2D eigenvalue weighted by Crippen LogP contribution is 2.17. The van der Waals surface area contributed by atoms with E-state index in [0.29, 0.717) is 19.1 Å². The van der Waals surface area contributed by atoms with E-state index in [0.717, 1.165) is 38.8 Å². The van der Waals surface area contributed by atoms with Crippen molar-refractivity contribution in [2.24, 2.45) is 5.73 Å². The molecule has 18 heavy (non-hydrogen) atoms. The summed E-state index contributed by atoms with van der Waals surface area (Å²) in [6.07, 6.45) is 8.43. The second kappa shape index (κ2) is 9.34. The second-order valence-corrected chi connectivity index (χ2v) is 5.32. The van der Waals surface area contributed by atoms with E-state index in [-0.39, 0.29) is 5.91 Å². The lowest BCUT2D eigenvalue weighted by Gasteiger charge is -2.25. The smallest absolute Gasteiger partial charge is 0.234 e. The van der Waals surface area contributed by atoms with Crippen LogP contribution in [0.5, 0.6) is 0 Å². The van der Waals surface area contributed by atoms with Gasteiger partial charge in [-0.1, -0.05) is 32.6 Å². The SMILES string of the molecule is CCCCN(CCN)CC(=O)NC1CCCCC1. The predicted molar refractivity (Wildman–Crippen MR) is 75.4 cm³/mol. The number of carbonyl (C=O) groups is 1. The number of amides is 1. The Hall–Kier alpha value is -0.610. The molecule has 0 aromatic carbocycles. The van der Waals surface area contributed by atoms with E-state index < -0.39 is 0 Å². The Morgan fingerprint density at radius 1 is 1.28 bits per heavy atom. The lowest BCUT2D eigenvalue weighted by Crippen LogP contribution is -2.44. The summed E-state index contributed by atoms with van der Waals surface area (Å²) in [6.45, 7) is 5.10. The summed E-state index contributed by atoms with van der Waals surface area (Å²) in [7, 11) is 0. The van der Waals surface area contributed by atoms with Crippen molar-refractivity contribution in [3.63, 3.8) is 0 Å². The maximum atomic E-state index is 12.0. The van der Waals surface area contributed by atoms with Gasteiger partial charge in [-0.25, -0.2) is 0 Å². The van der Waals surface area contributed by atoms with Crippen LogP contribution < -0.4 is 11.1 Å². The zero-order valence-corrected chi connectivity index (χ0v) is 11.8. The molecular weight excluding hydrogens is 226 g/mol. The molecular formula is C14H29N3O. The molecule has 0 aliphatic heterocycles. The Morgan fingerprint density at radius 3 is 2.61 bits per heavy atom. The molecule has 0 unspecified atom stereocenters. The predicted octanol–water partition coefficient (Wildman–Crippen LogP) is 1.50. The van der Waals surface area contributed by atoms with Crippen molar-refractivity contribution in [2.45, 2.75) is 57.9 Å². The van der Waals surface area contributed by atoms with E-state index in [1.165, 1.54) is 19.3 Å². The largest absolute Gasteiger partial charge is 0.352 e. The number of nitrogens with zero attached hydrogens (tertiary/aromatic N) is 1. The van der Waals surface area contributed by atoms with E-state index in [4.69, 9.17) is 5.73 Å². The molecule has 0 radical (unpaired) electrons. The number of hydrogen-bond donors (Lipinski definition) is 2. The fourth-order valence-corrected chi connectivity index (χ4v) is 2.56. The average Bonchev–Trinajstić information content (AvgIpc) is 2.37. The molecule has 0 atom stereocenters. The van der Waals surface area contributed by atoms with Crippen molar-refractivity contribution in [3.05, 3.63) is 0 Å². The lowest BCUT2D eigenvalue weighted by molar-refractivity contribution is -0.123. The van der Waals surface area contributed by atoms with Crippen molar-refractivity contribution < 1.29 is 4.79 Å². The van der Waals surface area contributed by atoms with Gasteiger partial charge in [0.05, 0.1) is 6.54 Å². The summed E-state index contributed by atoms with van der Waals surface area (Å²) in [6, 6.07) is 0.414. The molecule has 3 N–H and O–H groups in total. The van der Waals surface area contributed by atoms with Crippen LogP contribution in [0.2, 0.25) is 0 Å². The van der Waals surface area contributed by atoms with Crippen LogP contribution >= 0.6 is 0 Å². The summed E-state index contributed by atoms with van der Waals surface area (Å²) in [5, 5.41) is 3.16. The van der Waals surface area contributed by atoms with Gasteiger partial charge in [0, 0.05) is 19.1 Å². The highest BCUT2D eigenvalue weighted by atomic mass is 16.2. The van der Waals surface area contributed by atoms with Gasteiger partial charge in [0.25, 0.3) is 0 Å². The zero-order chi connectivity index (χ0) is 13.2. The van der Waals surface area contributed by atoms with Gasteiger partial charge in [-0.2, -0.15) is 0 Å². The molecule has 0 heterocycles. The Balaban J connectivity index is 2.25. The average molecular weight is 255 g/mol. The van der Waals surface area contributed by atoms with Crippen LogP contribution in [0, 0.1) is 0 Å². The molecule has 0 spiro atoms. The minimum Gasteiger partial charge on any atom is -0.352 e. The molecule has 1 aliphatic rings.